The summed E-state index contributed by atoms with van der Waals surface area (Å²) in [6, 6.07) is 0. The number of rotatable bonds is 1. The molecule has 0 bridgehead atoms. The maximum Gasteiger partial charge on any atom is 0.144 e. The van der Waals surface area contributed by atoms with Crippen molar-refractivity contribution in [1.29, 1.82) is 0 Å². The second-order valence-corrected chi connectivity index (χ2v) is 13.6. The molecule has 0 fully saturated rings. The fraction of sp³-hybridized carbons (Fsp3) is 0. The fourth-order valence-electron chi connectivity index (χ4n) is 1.66. The van der Waals surface area contributed by atoms with Crippen LogP contribution in [0.15, 0.2) is 0 Å². The third-order valence-corrected chi connectivity index (χ3v) is 18.5. The Morgan fingerprint density at radius 1 is 0.364 bits per heavy atom. The maximum atomic E-state index is 10.3. The Balaban J connectivity index is 3.03. The van der Waals surface area contributed by atoms with Gasteiger partial charge in [-0.2, -0.15) is 0 Å². The van der Waals surface area contributed by atoms with E-state index in [1.54, 1.807) is 0 Å². The molecule has 2 aromatic rings. The SMILES string of the molecule is Oc1c(I)c(I)c(-c2c(I)c(I)c(I)c(I)c2I)c(I)c1I. The molecule has 10 heteroatoms. The summed E-state index contributed by atoms with van der Waals surface area (Å²) in [7, 11) is 0. The molecule has 0 saturated carbocycles. The highest BCUT2D eigenvalue weighted by atomic mass is 127. The normalized spacial score (nSPS) is 11.1. The van der Waals surface area contributed by atoms with Crippen molar-refractivity contribution in [3.05, 3.63) is 32.1 Å². The fourth-order valence-corrected chi connectivity index (χ4v) is 10.7. The lowest BCUT2D eigenvalue weighted by molar-refractivity contribution is 0.466. The van der Waals surface area contributed by atoms with Gasteiger partial charge in [0.2, 0.25) is 0 Å². The van der Waals surface area contributed by atoms with Gasteiger partial charge in [-0.3, -0.25) is 0 Å². The molecule has 0 atom stereocenters. The van der Waals surface area contributed by atoms with E-state index in [9.17, 15) is 5.11 Å². The molecule has 22 heavy (non-hydrogen) atoms. The Morgan fingerprint density at radius 2 is 0.591 bits per heavy atom. The zero-order valence-electron chi connectivity index (χ0n) is 9.85. The first kappa shape index (κ1) is 23.1. The van der Waals surface area contributed by atoms with Crippen LogP contribution in [-0.2, 0) is 0 Å². The monoisotopic (exact) mass is 1300 g/mol. The molecule has 1 N–H and O–H groups in total. The lowest BCUT2D eigenvalue weighted by atomic mass is 10.1. The van der Waals surface area contributed by atoms with Crippen molar-refractivity contribution in [2.75, 3.05) is 0 Å². The number of hydrogen-bond acceptors (Lipinski definition) is 1. The molecule has 0 amide bonds. The number of benzene rings is 2. The lowest BCUT2D eigenvalue weighted by Gasteiger charge is -2.19. The minimum absolute atomic E-state index is 0.388. The zero-order valence-corrected chi connectivity index (χ0v) is 29.3. The van der Waals surface area contributed by atoms with E-state index < -0.39 is 0 Å². The smallest absolute Gasteiger partial charge is 0.144 e. The van der Waals surface area contributed by atoms with Gasteiger partial charge in [-0.05, 0) is 203 Å². The molecule has 0 spiro atoms. The molecular weight excluding hydrogens is 1300 g/mol. The van der Waals surface area contributed by atoms with Crippen molar-refractivity contribution >= 4 is 203 Å². The molecule has 118 valence electrons. The molecule has 0 unspecified atom stereocenters. The number of aromatic hydroxyl groups is 1. The predicted molar refractivity (Wildman–Crippen MR) is 168 cm³/mol. The summed E-state index contributed by atoms with van der Waals surface area (Å²) in [6.45, 7) is 0. The second kappa shape index (κ2) is 9.54. The van der Waals surface area contributed by atoms with Gasteiger partial charge < -0.3 is 5.11 Å². The van der Waals surface area contributed by atoms with Crippen LogP contribution in [0, 0.1) is 32.1 Å². The second-order valence-electron chi connectivity index (χ2n) is 3.92. The third-order valence-electron chi connectivity index (χ3n) is 2.70. The van der Waals surface area contributed by atoms with Crippen molar-refractivity contribution in [3.63, 3.8) is 0 Å². The van der Waals surface area contributed by atoms with Gasteiger partial charge in [0.25, 0.3) is 0 Å². The molecule has 2 rings (SSSR count). The number of phenols is 1. The molecule has 1 nitrogen and oxygen atoms in total. The van der Waals surface area contributed by atoms with Crippen molar-refractivity contribution in [1.82, 2.24) is 0 Å². The summed E-state index contributed by atoms with van der Waals surface area (Å²) >= 11 is 21.4. The first-order chi connectivity index (χ1) is 10.1. The van der Waals surface area contributed by atoms with Crippen LogP contribution >= 0.6 is 203 Å². The minimum atomic E-state index is 0.388. The Labute approximate surface area is 251 Å². The van der Waals surface area contributed by atoms with Gasteiger partial charge in [0, 0.05) is 36.1 Å². The maximum absolute atomic E-state index is 10.3. The van der Waals surface area contributed by atoms with Gasteiger partial charge in [0.1, 0.15) is 5.75 Å². The molecule has 0 heterocycles. The van der Waals surface area contributed by atoms with E-state index in [1.165, 1.54) is 29.0 Å². The average molecular weight is 1300 g/mol. The quantitative estimate of drug-likeness (QED) is 0.173. The van der Waals surface area contributed by atoms with Crippen LogP contribution in [0.4, 0.5) is 0 Å². The topological polar surface area (TPSA) is 20.2 Å². The summed E-state index contributed by atoms with van der Waals surface area (Å²) in [5.74, 6) is 0.388. The first-order valence-electron chi connectivity index (χ1n) is 5.17. The molecule has 0 radical (unpaired) electrons. The highest BCUT2D eigenvalue weighted by Gasteiger charge is 2.26. The highest BCUT2D eigenvalue weighted by molar-refractivity contribution is 14.1. The van der Waals surface area contributed by atoms with Crippen molar-refractivity contribution < 1.29 is 5.11 Å². The number of halogens is 9. The van der Waals surface area contributed by atoms with E-state index >= 15 is 0 Å². The number of hydrogen-bond donors (Lipinski definition) is 1. The molecule has 0 aromatic heterocycles. The van der Waals surface area contributed by atoms with E-state index in [0.29, 0.717) is 5.75 Å². The van der Waals surface area contributed by atoms with Gasteiger partial charge in [0.15, 0.2) is 0 Å². The van der Waals surface area contributed by atoms with Crippen molar-refractivity contribution in [2.45, 2.75) is 0 Å². The molecule has 0 aliphatic heterocycles. The standard InChI is InChI=1S/C12HI9O/c13-3-1(4(14)8(18)9(19)7(3)17)2-5(15)10(20)12(22)11(21)6(2)16/h22H. The lowest BCUT2D eigenvalue weighted by Crippen LogP contribution is -2.04. The van der Waals surface area contributed by atoms with Crippen LogP contribution < -0.4 is 0 Å². The van der Waals surface area contributed by atoms with E-state index in [-0.39, 0.29) is 0 Å². The van der Waals surface area contributed by atoms with Crippen LogP contribution in [0.2, 0.25) is 0 Å². The molecule has 0 aliphatic rings. The summed E-state index contributed by atoms with van der Waals surface area (Å²) in [5, 5.41) is 10.3. The van der Waals surface area contributed by atoms with E-state index in [1.807, 2.05) is 0 Å². The van der Waals surface area contributed by atoms with E-state index in [4.69, 9.17) is 0 Å². The van der Waals surface area contributed by atoms with Crippen molar-refractivity contribution in [3.8, 4) is 16.9 Å². The molecule has 2 aromatic carbocycles. The summed E-state index contributed by atoms with van der Waals surface area (Å²) in [5.41, 5.74) is 2.51. The number of phenolic OH excluding ortho intramolecular Hbond substituents is 1. The van der Waals surface area contributed by atoms with Gasteiger partial charge >= 0.3 is 0 Å². The summed E-state index contributed by atoms with van der Waals surface area (Å²) < 4.78 is 10.5. The zero-order chi connectivity index (χ0) is 16.9. The molecular formula is C12HI9O. The van der Waals surface area contributed by atoms with Crippen LogP contribution in [0.3, 0.4) is 0 Å². The summed E-state index contributed by atoms with van der Waals surface area (Å²) in [4.78, 5) is 0. The third kappa shape index (κ3) is 4.36. The van der Waals surface area contributed by atoms with Crippen LogP contribution in [0.25, 0.3) is 11.1 Å². The Bertz CT molecular complexity index is 675. The first-order valence-corrected chi connectivity index (χ1v) is 14.9. The van der Waals surface area contributed by atoms with Crippen LogP contribution in [0.1, 0.15) is 0 Å². The van der Waals surface area contributed by atoms with E-state index in [2.05, 4.69) is 203 Å². The van der Waals surface area contributed by atoms with Crippen LogP contribution in [0.5, 0.6) is 5.75 Å². The minimum Gasteiger partial charge on any atom is -0.506 e. The van der Waals surface area contributed by atoms with Gasteiger partial charge in [-0.15, -0.1) is 0 Å². The van der Waals surface area contributed by atoms with Gasteiger partial charge in [-0.1, -0.05) is 0 Å². The summed E-state index contributed by atoms with van der Waals surface area (Å²) in [6.07, 6.45) is 0. The van der Waals surface area contributed by atoms with Crippen LogP contribution in [-0.4, -0.2) is 5.11 Å². The average Bonchev–Trinajstić information content (AvgIpc) is 2.50. The molecule has 0 saturated heterocycles. The van der Waals surface area contributed by atoms with Gasteiger partial charge in [0.05, 0.1) is 7.14 Å². The predicted octanol–water partition coefficient (Wildman–Crippen LogP) is 8.50. The van der Waals surface area contributed by atoms with Crippen molar-refractivity contribution in [2.24, 2.45) is 0 Å². The largest absolute Gasteiger partial charge is 0.506 e. The van der Waals surface area contributed by atoms with E-state index in [0.717, 1.165) is 14.3 Å². The Kier molecular flexibility index (Phi) is 10.0. The van der Waals surface area contributed by atoms with Gasteiger partial charge in [-0.25, -0.2) is 0 Å². The Hall–Kier alpha value is 4.81. The molecule has 0 aliphatic carbocycles. The Morgan fingerprint density at radius 3 is 0.909 bits per heavy atom. The highest BCUT2D eigenvalue weighted by Crippen LogP contribution is 2.46.